The van der Waals surface area contributed by atoms with Gasteiger partial charge in [-0.15, -0.1) is 0 Å². The molecule has 0 radical (unpaired) electrons. The van der Waals surface area contributed by atoms with E-state index in [1.165, 1.54) is 28.1 Å². The topological polar surface area (TPSA) is 17.0 Å². The molecule has 3 heterocycles. The predicted octanol–water partition coefficient (Wildman–Crippen LogP) is 4.42. The molecule has 0 saturated carbocycles. The molecule has 0 fully saturated rings. The van der Waals surface area contributed by atoms with Crippen molar-refractivity contribution in [1.82, 2.24) is 0 Å². The Hall–Kier alpha value is -3.30. The SMILES string of the molecule is COC1C[n+]2c(-c3ccccc3)cc(-c3ccccc3)cc2-c2cccc[n+]21. The van der Waals surface area contributed by atoms with Gasteiger partial charge in [-0.3, -0.25) is 0 Å². The molecule has 0 amide bonds. The molecule has 0 saturated heterocycles. The van der Waals surface area contributed by atoms with Gasteiger partial charge >= 0.3 is 6.23 Å². The molecule has 1 unspecified atom stereocenters. The third kappa shape index (κ3) is 2.81. The van der Waals surface area contributed by atoms with Crippen LogP contribution in [0.4, 0.5) is 0 Å². The number of aromatic nitrogens is 2. The van der Waals surface area contributed by atoms with Gasteiger partial charge in [0, 0.05) is 36.9 Å². The second kappa shape index (κ2) is 7.02. The first kappa shape index (κ1) is 16.8. The zero-order valence-corrected chi connectivity index (χ0v) is 15.8. The first-order chi connectivity index (χ1) is 13.8. The Kier molecular flexibility index (Phi) is 4.22. The largest absolute Gasteiger partial charge is 0.323 e. The maximum atomic E-state index is 5.82. The van der Waals surface area contributed by atoms with Crippen molar-refractivity contribution >= 4 is 0 Å². The zero-order chi connectivity index (χ0) is 18.9. The van der Waals surface area contributed by atoms with Crippen molar-refractivity contribution in [3.8, 4) is 33.8 Å². The van der Waals surface area contributed by atoms with Gasteiger partial charge in [-0.2, -0.15) is 9.13 Å². The molecular weight excluding hydrogens is 344 g/mol. The minimum atomic E-state index is -0.0289. The fraction of sp³-hybridized carbons (Fsp3) is 0.120. The van der Waals surface area contributed by atoms with Crippen LogP contribution in [0.3, 0.4) is 0 Å². The van der Waals surface area contributed by atoms with Gasteiger partial charge in [0.05, 0.1) is 0 Å². The van der Waals surface area contributed by atoms with E-state index in [1.807, 2.05) is 0 Å². The first-order valence-corrected chi connectivity index (χ1v) is 9.57. The second-order valence-electron chi connectivity index (χ2n) is 7.04. The lowest BCUT2D eigenvalue weighted by Crippen LogP contribution is -2.58. The Morgan fingerprint density at radius 1 is 0.679 bits per heavy atom. The van der Waals surface area contributed by atoms with Gasteiger partial charge in [0.25, 0.3) is 11.4 Å². The van der Waals surface area contributed by atoms with E-state index in [4.69, 9.17) is 4.74 Å². The fourth-order valence-electron chi connectivity index (χ4n) is 4.03. The molecule has 3 nitrogen and oxygen atoms in total. The average molecular weight is 366 g/mol. The van der Waals surface area contributed by atoms with Crippen molar-refractivity contribution in [3.63, 3.8) is 0 Å². The molecule has 0 aliphatic carbocycles. The molecule has 0 N–H and O–H groups in total. The van der Waals surface area contributed by atoms with Crippen molar-refractivity contribution in [3.05, 3.63) is 97.2 Å². The van der Waals surface area contributed by atoms with Crippen molar-refractivity contribution in [1.29, 1.82) is 0 Å². The monoisotopic (exact) mass is 366 g/mol. The smallest absolute Gasteiger partial charge is 0.319 e. The van der Waals surface area contributed by atoms with E-state index >= 15 is 0 Å². The molecule has 2 aromatic heterocycles. The standard InChI is InChI=1S/C25H22N2O/c1-28-25-18-27-23(20-12-6-3-7-13-20)16-21(19-10-4-2-5-11-19)17-24(27)22-14-8-9-15-26(22)25/h2-17,25H,18H2,1H3/q+2. The van der Waals surface area contributed by atoms with Crippen molar-refractivity contribution in [2.24, 2.45) is 0 Å². The van der Waals surface area contributed by atoms with Crippen LogP contribution < -0.4 is 9.13 Å². The first-order valence-electron chi connectivity index (χ1n) is 9.57. The van der Waals surface area contributed by atoms with E-state index in [0.717, 1.165) is 12.2 Å². The van der Waals surface area contributed by atoms with Crippen LogP contribution in [-0.2, 0) is 11.3 Å². The van der Waals surface area contributed by atoms with E-state index in [1.54, 1.807) is 7.11 Å². The molecule has 1 aliphatic rings. The van der Waals surface area contributed by atoms with Gasteiger partial charge in [0.1, 0.15) is 0 Å². The molecule has 3 heteroatoms. The van der Waals surface area contributed by atoms with Crippen LogP contribution in [0.5, 0.6) is 0 Å². The Balaban J connectivity index is 1.81. The average Bonchev–Trinajstić information content (AvgIpc) is 2.79. The number of rotatable bonds is 3. The number of benzene rings is 2. The summed E-state index contributed by atoms with van der Waals surface area (Å²) < 4.78 is 10.4. The van der Waals surface area contributed by atoms with Crippen molar-refractivity contribution < 1.29 is 13.9 Å². The quantitative estimate of drug-likeness (QED) is 0.491. The van der Waals surface area contributed by atoms with Crippen LogP contribution in [0.1, 0.15) is 6.23 Å². The highest BCUT2D eigenvalue weighted by atomic mass is 16.5. The van der Waals surface area contributed by atoms with Gasteiger partial charge in [-0.1, -0.05) is 48.5 Å². The minimum Gasteiger partial charge on any atom is -0.319 e. The lowest BCUT2D eigenvalue weighted by Gasteiger charge is -2.19. The summed E-state index contributed by atoms with van der Waals surface area (Å²) in [6.45, 7) is 0.771. The van der Waals surface area contributed by atoms with Crippen LogP contribution in [-0.4, -0.2) is 7.11 Å². The van der Waals surface area contributed by atoms with Crippen LogP contribution in [0.25, 0.3) is 33.8 Å². The van der Waals surface area contributed by atoms with Crippen molar-refractivity contribution in [2.45, 2.75) is 12.8 Å². The lowest BCUT2D eigenvalue weighted by molar-refractivity contribution is -0.837. The number of ether oxygens (including phenoxy) is 1. The highest BCUT2D eigenvalue weighted by Gasteiger charge is 2.39. The molecule has 136 valence electrons. The van der Waals surface area contributed by atoms with Crippen molar-refractivity contribution in [2.75, 3.05) is 7.11 Å². The fourth-order valence-corrected chi connectivity index (χ4v) is 4.03. The number of hydrogen-bond acceptors (Lipinski definition) is 1. The maximum absolute atomic E-state index is 5.82. The molecular formula is C25H22N2O+2. The van der Waals surface area contributed by atoms with E-state index in [0.29, 0.717) is 0 Å². The Labute approximate surface area is 165 Å². The van der Waals surface area contributed by atoms with E-state index in [2.05, 4.69) is 106 Å². The third-order valence-corrected chi connectivity index (χ3v) is 5.42. The zero-order valence-electron chi connectivity index (χ0n) is 15.8. The summed E-state index contributed by atoms with van der Waals surface area (Å²) >= 11 is 0. The molecule has 1 atom stereocenters. The summed E-state index contributed by atoms with van der Waals surface area (Å²) in [4.78, 5) is 0. The van der Waals surface area contributed by atoms with E-state index in [9.17, 15) is 0 Å². The summed E-state index contributed by atoms with van der Waals surface area (Å²) in [6, 6.07) is 32.1. The van der Waals surface area contributed by atoms with E-state index in [-0.39, 0.29) is 6.23 Å². The molecule has 2 aromatic carbocycles. The summed E-state index contributed by atoms with van der Waals surface area (Å²) in [6.07, 6.45) is 2.07. The second-order valence-corrected chi connectivity index (χ2v) is 7.04. The van der Waals surface area contributed by atoms with E-state index < -0.39 is 0 Å². The molecule has 5 rings (SSSR count). The Morgan fingerprint density at radius 2 is 1.32 bits per heavy atom. The molecule has 0 spiro atoms. The normalized spacial score (nSPS) is 15.0. The lowest BCUT2D eigenvalue weighted by atomic mass is 9.99. The van der Waals surface area contributed by atoms with Gasteiger partial charge in [-0.05, 0) is 29.3 Å². The minimum absolute atomic E-state index is 0.0289. The number of nitrogens with zero attached hydrogens (tertiary/aromatic N) is 2. The maximum Gasteiger partial charge on any atom is 0.323 e. The van der Waals surface area contributed by atoms with Crippen LogP contribution in [0, 0.1) is 0 Å². The van der Waals surface area contributed by atoms with Crippen LogP contribution in [0.15, 0.2) is 97.2 Å². The highest BCUT2D eigenvalue weighted by Crippen LogP contribution is 2.30. The summed E-state index contributed by atoms with van der Waals surface area (Å²) in [5.74, 6) is 0. The number of methoxy groups -OCH3 is 1. The number of pyridine rings is 2. The Morgan fingerprint density at radius 3 is 2.04 bits per heavy atom. The Bertz CT molecular complexity index is 1110. The molecule has 28 heavy (non-hydrogen) atoms. The summed E-state index contributed by atoms with van der Waals surface area (Å²) in [5, 5.41) is 0. The number of hydrogen-bond donors (Lipinski definition) is 0. The third-order valence-electron chi connectivity index (χ3n) is 5.42. The van der Waals surface area contributed by atoms with Gasteiger partial charge < -0.3 is 4.74 Å². The molecule has 1 aliphatic heterocycles. The highest BCUT2D eigenvalue weighted by molar-refractivity contribution is 5.72. The molecule has 0 bridgehead atoms. The summed E-state index contributed by atoms with van der Waals surface area (Å²) in [7, 11) is 1.78. The van der Waals surface area contributed by atoms with Crippen LogP contribution in [0.2, 0.25) is 0 Å². The van der Waals surface area contributed by atoms with Gasteiger partial charge in [0.15, 0.2) is 6.20 Å². The van der Waals surface area contributed by atoms with Gasteiger partial charge in [0.2, 0.25) is 12.2 Å². The molecule has 4 aromatic rings. The van der Waals surface area contributed by atoms with Crippen LogP contribution >= 0.6 is 0 Å². The number of fused-ring (bicyclic) bond motifs is 3. The predicted molar refractivity (Wildman–Crippen MR) is 109 cm³/mol. The van der Waals surface area contributed by atoms with Gasteiger partial charge in [-0.25, -0.2) is 0 Å². The summed E-state index contributed by atoms with van der Waals surface area (Å²) in [5.41, 5.74) is 7.22.